The van der Waals surface area contributed by atoms with E-state index in [4.69, 9.17) is 11.6 Å². The Morgan fingerprint density at radius 2 is 1.93 bits per heavy atom. The minimum absolute atomic E-state index is 0. The zero-order valence-corrected chi connectivity index (χ0v) is 16.0. The molecule has 0 spiro atoms. The molecule has 4 nitrogen and oxygen atoms in total. The molecule has 0 bridgehead atoms. The van der Waals surface area contributed by atoms with Crippen LogP contribution in [0.2, 0.25) is 5.02 Å². The first kappa shape index (κ1) is 19.4. The molecule has 0 unspecified atom stereocenters. The third-order valence-electron chi connectivity index (χ3n) is 4.60. The molecule has 140 valence electrons. The highest BCUT2D eigenvalue weighted by atomic mass is 35.5. The zero-order valence-electron chi connectivity index (χ0n) is 14.5. The van der Waals surface area contributed by atoms with Gasteiger partial charge in [0, 0.05) is 5.56 Å². The van der Waals surface area contributed by atoms with Crippen molar-refractivity contribution in [2.24, 2.45) is 0 Å². The van der Waals surface area contributed by atoms with Crippen molar-refractivity contribution in [1.29, 1.82) is 0 Å². The summed E-state index contributed by atoms with van der Waals surface area (Å²) in [5, 5.41) is 3.37. The molecule has 27 heavy (non-hydrogen) atoms. The highest BCUT2D eigenvalue weighted by Crippen LogP contribution is 2.25. The smallest absolute Gasteiger partial charge is 0.266 e. The second-order valence-corrected chi connectivity index (χ2v) is 6.76. The van der Waals surface area contributed by atoms with Gasteiger partial charge in [-0.05, 0) is 42.8 Å². The van der Waals surface area contributed by atoms with Crippen molar-refractivity contribution in [3.8, 4) is 11.3 Å². The third-order valence-corrected chi connectivity index (χ3v) is 4.93. The lowest BCUT2D eigenvalue weighted by Crippen LogP contribution is -3.00. The molecule has 1 aliphatic heterocycles. The fraction of sp³-hybridized carbons (Fsp3) is 0.200. The number of nitrogens with zero attached hydrogens (tertiary/aromatic N) is 2. The molecule has 2 aromatic carbocycles. The Balaban J connectivity index is 0.00000210. The Hall–Kier alpha value is -2.37. The molecule has 3 aromatic rings. The average Bonchev–Trinajstić information content (AvgIpc) is 3.22. The monoisotopic (exact) mass is 405 g/mol. The Morgan fingerprint density at radius 1 is 1.19 bits per heavy atom. The molecule has 4 rings (SSSR count). The Kier molecular flexibility index (Phi) is 5.82. The van der Waals surface area contributed by atoms with Crippen LogP contribution in [0.15, 0.2) is 54.7 Å². The van der Waals surface area contributed by atoms with Gasteiger partial charge in [-0.25, -0.2) is 13.5 Å². The van der Waals surface area contributed by atoms with Gasteiger partial charge in [0.15, 0.2) is 12.2 Å². The van der Waals surface area contributed by atoms with Gasteiger partial charge >= 0.3 is 0 Å². The Labute approximate surface area is 168 Å². The summed E-state index contributed by atoms with van der Waals surface area (Å²) in [6.45, 7) is 1.11. The first-order valence-corrected chi connectivity index (χ1v) is 8.92. The van der Waals surface area contributed by atoms with Crippen molar-refractivity contribution in [3.05, 3.63) is 71.4 Å². The molecule has 1 aromatic heterocycles. The summed E-state index contributed by atoms with van der Waals surface area (Å²) in [4.78, 5) is 12.5. The lowest BCUT2D eigenvalue weighted by Gasteiger charge is -2.05. The molecule has 7 heteroatoms. The summed E-state index contributed by atoms with van der Waals surface area (Å²) in [5.74, 6) is 0.724. The van der Waals surface area contributed by atoms with E-state index in [1.807, 2.05) is 22.9 Å². The number of imidazole rings is 1. The maximum Gasteiger partial charge on any atom is 0.266 e. The van der Waals surface area contributed by atoms with E-state index in [1.165, 1.54) is 12.1 Å². The van der Waals surface area contributed by atoms with Crippen LogP contribution in [0.4, 0.5) is 10.1 Å². The highest BCUT2D eigenvalue weighted by molar-refractivity contribution is 6.33. The van der Waals surface area contributed by atoms with Crippen molar-refractivity contribution < 1.29 is 26.2 Å². The summed E-state index contributed by atoms with van der Waals surface area (Å²) < 4.78 is 17.4. The molecule has 0 aliphatic carbocycles. The molecule has 0 atom stereocenters. The number of rotatable bonds is 4. The second-order valence-electron chi connectivity index (χ2n) is 6.35. The van der Waals surface area contributed by atoms with Gasteiger partial charge in [0.2, 0.25) is 0 Å². The van der Waals surface area contributed by atoms with E-state index in [1.54, 1.807) is 24.3 Å². The fourth-order valence-corrected chi connectivity index (χ4v) is 3.59. The van der Waals surface area contributed by atoms with Crippen molar-refractivity contribution in [3.63, 3.8) is 0 Å². The number of aromatic nitrogens is 2. The van der Waals surface area contributed by atoms with Crippen LogP contribution in [0, 0.1) is 5.82 Å². The number of hydrogen-bond acceptors (Lipinski definition) is 1. The van der Waals surface area contributed by atoms with Crippen LogP contribution in [0.1, 0.15) is 12.2 Å². The summed E-state index contributed by atoms with van der Waals surface area (Å²) in [5.41, 5.74) is 2.55. The van der Waals surface area contributed by atoms with Crippen LogP contribution in [0.5, 0.6) is 0 Å². The van der Waals surface area contributed by atoms with E-state index in [-0.39, 0.29) is 30.7 Å². The second kappa shape index (κ2) is 8.11. The largest absolute Gasteiger partial charge is 1.00 e. The SMILES string of the molecule is O=C(C[n+]1cc(-c2ccc(F)cc2)n2c1CCC2)Nc1ccccc1Cl.[Cl-]. The number of anilines is 1. The van der Waals surface area contributed by atoms with Gasteiger partial charge in [0.05, 0.1) is 23.7 Å². The van der Waals surface area contributed by atoms with Crippen molar-refractivity contribution in [2.75, 3.05) is 5.32 Å². The van der Waals surface area contributed by atoms with Gasteiger partial charge in [0.25, 0.3) is 11.7 Å². The number of carbonyl (C=O) groups excluding carboxylic acids is 1. The molecular formula is C20H18Cl2FN3O. The van der Waals surface area contributed by atoms with E-state index < -0.39 is 0 Å². The van der Waals surface area contributed by atoms with E-state index in [0.717, 1.165) is 36.5 Å². The van der Waals surface area contributed by atoms with Gasteiger partial charge in [-0.1, -0.05) is 23.7 Å². The first-order chi connectivity index (χ1) is 12.6. The number of hydrogen-bond donors (Lipinski definition) is 1. The quantitative estimate of drug-likeness (QED) is 0.641. The normalized spacial score (nSPS) is 12.4. The van der Waals surface area contributed by atoms with Crippen LogP contribution < -0.4 is 22.3 Å². The van der Waals surface area contributed by atoms with Crippen molar-refractivity contribution in [2.45, 2.75) is 25.9 Å². The third kappa shape index (κ3) is 3.99. The maximum atomic E-state index is 13.2. The number of fused-ring (bicyclic) bond motifs is 1. The maximum absolute atomic E-state index is 13.2. The van der Waals surface area contributed by atoms with Crippen LogP contribution in [0.25, 0.3) is 11.3 Å². The molecule has 1 N–H and O–H groups in total. The summed E-state index contributed by atoms with van der Waals surface area (Å²) >= 11 is 6.11. The van der Waals surface area contributed by atoms with Gasteiger partial charge in [-0.3, -0.25) is 4.79 Å². The van der Waals surface area contributed by atoms with E-state index in [2.05, 4.69) is 9.88 Å². The fourth-order valence-electron chi connectivity index (χ4n) is 3.40. The van der Waals surface area contributed by atoms with Crippen LogP contribution >= 0.6 is 11.6 Å². The minimum atomic E-state index is -0.256. The summed E-state index contributed by atoms with van der Waals surface area (Å²) in [7, 11) is 0. The van der Waals surface area contributed by atoms with Crippen molar-refractivity contribution in [1.82, 2.24) is 4.57 Å². The van der Waals surface area contributed by atoms with Crippen molar-refractivity contribution >= 4 is 23.2 Å². The molecule has 0 radical (unpaired) electrons. The van der Waals surface area contributed by atoms with Gasteiger partial charge in [-0.15, -0.1) is 0 Å². The van der Waals surface area contributed by atoms with Gasteiger partial charge < -0.3 is 17.7 Å². The number of halogens is 3. The summed E-state index contributed by atoms with van der Waals surface area (Å²) in [6, 6.07) is 13.6. The first-order valence-electron chi connectivity index (χ1n) is 8.54. The predicted molar refractivity (Wildman–Crippen MR) is 98.4 cm³/mol. The predicted octanol–water partition coefficient (Wildman–Crippen LogP) is 0.824. The zero-order chi connectivity index (χ0) is 18.1. The van der Waals surface area contributed by atoms with E-state index in [0.29, 0.717) is 10.7 Å². The molecular weight excluding hydrogens is 388 g/mol. The molecule has 0 saturated carbocycles. The summed E-state index contributed by atoms with van der Waals surface area (Å²) in [6.07, 6.45) is 3.92. The van der Waals surface area contributed by atoms with Crippen LogP contribution in [-0.2, 0) is 24.3 Å². The number of carbonyl (C=O) groups is 1. The number of nitrogens with one attached hydrogen (secondary N) is 1. The lowest BCUT2D eigenvalue weighted by molar-refractivity contribution is -0.690. The highest BCUT2D eigenvalue weighted by Gasteiger charge is 2.29. The van der Waals surface area contributed by atoms with Crippen LogP contribution in [-0.4, -0.2) is 10.5 Å². The Morgan fingerprint density at radius 3 is 2.67 bits per heavy atom. The van der Waals surface area contributed by atoms with E-state index in [9.17, 15) is 9.18 Å². The average molecular weight is 406 g/mol. The molecule has 1 aliphatic rings. The van der Waals surface area contributed by atoms with Crippen LogP contribution in [0.3, 0.4) is 0 Å². The topological polar surface area (TPSA) is 37.9 Å². The standard InChI is InChI=1S/C20H17ClFN3O.ClH/c21-16-4-1-2-5-17(16)23-19(26)13-24-12-18(25-11-3-6-20(24)25)14-7-9-15(22)10-8-14;/h1-2,4-5,7-10,12H,3,6,11,13H2;1H. The number of benzene rings is 2. The van der Waals surface area contributed by atoms with E-state index >= 15 is 0 Å². The molecule has 1 amide bonds. The minimum Gasteiger partial charge on any atom is -1.00 e. The Bertz CT molecular complexity index is 970. The lowest BCUT2D eigenvalue weighted by atomic mass is 10.1. The molecule has 2 heterocycles. The van der Waals surface area contributed by atoms with Gasteiger partial charge in [0.1, 0.15) is 12.0 Å². The number of para-hydroxylation sites is 1. The van der Waals surface area contributed by atoms with Gasteiger partial charge in [-0.2, -0.15) is 0 Å². The molecule has 0 saturated heterocycles. The molecule has 0 fully saturated rings. The number of amides is 1.